The number of pyridine rings is 1. The number of nitro groups is 1. The summed E-state index contributed by atoms with van der Waals surface area (Å²) < 4.78 is 19.2. The zero-order valence-electron chi connectivity index (χ0n) is 17.1. The fraction of sp³-hybridized carbons (Fsp3) is 0.0435. The summed E-state index contributed by atoms with van der Waals surface area (Å²) in [6.45, 7) is 0. The number of benzene rings is 1. The molecule has 4 aromatic heterocycles. The Labute approximate surface area is 195 Å². The first kappa shape index (κ1) is 20.7. The summed E-state index contributed by atoms with van der Waals surface area (Å²) in [5.74, 6) is 2.29. The summed E-state index contributed by atoms with van der Waals surface area (Å²) in [5, 5.41) is 11.5. The predicted octanol–water partition coefficient (Wildman–Crippen LogP) is 6.28. The second-order valence-corrected chi connectivity index (χ2v) is 7.85. The highest BCUT2D eigenvalue weighted by atomic mass is 79.9. The highest BCUT2D eigenvalue weighted by molar-refractivity contribution is 9.10. The zero-order chi connectivity index (χ0) is 22.9. The third-order valence-electron chi connectivity index (χ3n) is 4.92. The molecule has 0 fully saturated rings. The first-order valence-electron chi connectivity index (χ1n) is 9.71. The second kappa shape index (κ2) is 8.40. The Balaban J connectivity index is 1.54. The van der Waals surface area contributed by atoms with Crippen LogP contribution in [0, 0.1) is 10.1 Å². The molecule has 0 atom stereocenters. The molecule has 10 heteroatoms. The van der Waals surface area contributed by atoms with E-state index in [0.29, 0.717) is 45.8 Å². The number of halogens is 1. The maximum absolute atomic E-state index is 11.5. The number of fused-ring (bicyclic) bond motifs is 1. The summed E-state index contributed by atoms with van der Waals surface area (Å²) in [6, 6.07) is 15.3. The lowest BCUT2D eigenvalue weighted by atomic mass is 10.1. The second-order valence-electron chi connectivity index (χ2n) is 6.94. The van der Waals surface area contributed by atoms with Gasteiger partial charge in [-0.2, -0.15) is 0 Å². The normalized spacial score (nSPS) is 11.5. The van der Waals surface area contributed by atoms with Gasteiger partial charge in [-0.15, -0.1) is 0 Å². The Kier molecular flexibility index (Phi) is 5.27. The van der Waals surface area contributed by atoms with Crippen LogP contribution >= 0.6 is 15.9 Å². The third-order valence-corrected chi connectivity index (χ3v) is 5.39. The van der Waals surface area contributed by atoms with Gasteiger partial charge in [-0.3, -0.25) is 14.5 Å². The van der Waals surface area contributed by atoms with Gasteiger partial charge in [0, 0.05) is 10.7 Å². The van der Waals surface area contributed by atoms with E-state index in [-0.39, 0.29) is 5.69 Å². The molecule has 164 valence electrons. The van der Waals surface area contributed by atoms with Crippen molar-refractivity contribution in [2.24, 2.45) is 4.99 Å². The Morgan fingerprint density at radius 2 is 2.06 bits per heavy atom. The third kappa shape index (κ3) is 3.92. The van der Waals surface area contributed by atoms with Crippen molar-refractivity contribution in [2.75, 3.05) is 7.11 Å². The fourth-order valence-electron chi connectivity index (χ4n) is 3.40. The first-order chi connectivity index (χ1) is 16.0. The number of aromatic nitrogens is 2. The topological polar surface area (TPSA) is 108 Å². The Morgan fingerprint density at radius 3 is 2.82 bits per heavy atom. The average molecular weight is 507 g/mol. The van der Waals surface area contributed by atoms with Crippen molar-refractivity contribution in [3.05, 3.63) is 87.4 Å². The van der Waals surface area contributed by atoms with Crippen LogP contribution in [0.15, 0.2) is 85.4 Å². The van der Waals surface area contributed by atoms with Gasteiger partial charge in [0.25, 0.3) is 5.69 Å². The van der Waals surface area contributed by atoms with Crippen molar-refractivity contribution in [1.29, 1.82) is 0 Å². The quantitative estimate of drug-likeness (QED) is 0.152. The number of imidazole rings is 1. The number of rotatable bonds is 6. The number of ether oxygens (including phenoxy) is 1. The summed E-state index contributed by atoms with van der Waals surface area (Å²) >= 11 is 3.47. The smallest absolute Gasteiger partial charge is 0.284 e. The molecule has 0 saturated heterocycles. The molecule has 0 amide bonds. The van der Waals surface area contributed by atoms with Gasteiger partial charge >= 0.3 is 0 Å². The van der Waals surface area contributed by atoms with Crippen molar-refractivity contribution >= 4 is 39.3 Å². The molecule has 0 aliphatic carbocycles. The Morgan fingerprint density at radius 1 is 1.18 bits per heavy atom. The van der Waals surface area contributed by atoms with Crippen LogP contribution in [0.1, 0.15) is 5.76 Å². The monoisotopic (exact) mass is 506 g/mol. The van der Waals surface area contributed by atoms with E-state index >= 15 is 0 Å². The number of methoxy groups -OCH3 is 1. The van der Waals surface area contributed by atoms with E-state index in [1.807, 2.05) is 28.8 Å². The highest BCUT2D eigenvalue weighted by Crippen LogP contribution is 2.35. The van der Waals surface area contributed by atoms with E-state index in [1.54, 1.807) is 36.6 Å². The van der Waals surface area contributed by atoms with E-state index in [4.69, 9.17) is 13.6 Å². The number of hydrogen-bond acceptors (Lipinski definition) is 7. The number of aliphatic imine (C=N–C) groups is 1. The lowest BCUT2D eigenvalue weighted by Gasteiger charge is -2.03. The molecule has 0 aliphatic rings. The van der Waals surface area contributed by atoms with Crippen LogP contribution in [0.2, 0.25) is 0 Å². The number of furan rings is 2. The molecule has 0 saturated carbocycles. The standard InChI is InChI=1S/C23H15BrN4O5/c1-31-15-5-7-17(18(11-15)28(29)30)19-8-6-16(33-19)12-25-23-22(20-3-2-10-32-20)26-21-9-4-14(24)13-27(21)23/h2-13H,1H3. The predicted molar refractivity (Wildman–Crippen MR) is 125 cm³/mol. The van der Waals surface area contributed by atoms with Crippen LogP contribution in [0.25, 0.3) is 28.4 Å². The zero-order valence-corrected chi connectivity index (χ0v) is 18.7. The van der Waals surface area contributed by atoms with Crippen molar-refractivity contribution in [2.45, 2.75) is 0 Å². The lowest BCUT2D eigenvalue weighted by Crippen LogP contribution is -1.93. The average Bonchev–Trinajstić information content (AvgIpc) is 3.57. The number of hydrogen-bond donors (Lipinski definition) is 0. The minimum absolute atomic E-state index is 0.112. The lowest BCUT2D eigenvalue weighted by molar-refractivity contribution is -0.384. The molecule has 5 aromatic rings. The molecule has 0 N–H and O–H groups in total. The van der Waals surface area contributed by atoms with Gasteiger partial charge < -0.3 is 13.6 Å². The van der Waals surface area contributed by atoms with Crippen molar-refractivity contribution in [1.82, 2.24) is 9.38 Å². The maximum atomic E-state index is 11.5. The summed E-state index contributed by atoms with van der Waals surface area (Å²) in [6.07, 6.45) is 4.97. The maximum Gasteiger partial charge on any atom is 0.284 e. The van der Waals surface area contributed by atoms with Crippen molar-refractivity contribution in [3.63, 3.8) is 0 Å². The molecule has 5 rings (SSSR count). The molecular formula is C23H15BrN4O5. The van der Waals surface area contributed by atoms with Crippen LogP contribution in [0.3, 0.4) is 0 Å². The molecule has 0 unspecified atom stereocenters. The van der Waals surface area contributed by atoms with Gasteiger partial charge in [-0.1, -0.05) is 0 Å². The summed E-state index contributed by atoms with van der Waals surface area (Å²) in [4.78, 5) is 20.3. The minimum Gasteiger partial charge on any atom is -0.497 e. The molecule has 1 aromatic carbocycles. The molecule has 9 nitrogen and oxygen atoms in total. The van der Waals surface area contributed by atoms with Gasteiger partial charge in [-0.25, -0.2) is 9.98 Å². The van der Waals surface area contributed by atoms with E-state index in [2.05, 4.69) is 25.9 Å². The molecule has 0 aliphatic heterocycles. The molecule has 0 spiro atoms. The molecular weight excluding hydrogens is 492 g/mol. The fourth-order valence-corrected chi connectivity index (χ4v) is 3.73. The van der Waals surface area contributed by atoms with Crippen molar-refractivity contribution in [3.8, 4) is 28.5 Å². The Bertz CT molecular complexity index is 1500. The molecule has 4 heterocycles. The van der Waals surface area contributed by atoms with Gasteiger partial charge in [0.15, 0.2) is 17.3 Å². The van der Waals surface area contributed by atoms with Gasteiger partial charge in [0.2, 0.25) is 0 Å². The van der Waals surface area contributed by atoms with Crippen LogP contribution in [0.4, 0.5) is 11.5 Å². The first-order valence-corrected chi connectivity index (χ1v) is 10.5. The molecule has 0 bridgehead atoms. The van der Waals surface area contributed by atoms with Crippen LogP contribution in [-0.4, -0.2) is 27.6 Å². The van der Waals surface area contributed by atoms with Crippen LogP contribution in [-0.2, 0) is 0 Å². The SMILES string of the molecule is COc1ccc(-c2ccc(C=Nc3c(-c4ccco4)nc4ccc(Br)cn34)o2)c([N+](=O)[O-])c1. The van der Waals surface area contributed by atoms with E-state index < -0.39 is 4.92 Å². The Hall–Kier alpha value is -4.18. The van der Waals surface area contributed by atoms with Gasteiger partial charge in [0.1, 0.15) is 22.9 Å². The molecule has 0 radical (unpaired) electrons. The van der Waals surface area contributed by atoms with Gasteiger partial charge in [-0.05, 0) is 64.5 Å². The van der Waals surface area contributed by atoms with Crippen LogP contribution in [0.5, 0.6) is 5.75 Å². The van der Waals surface area contributed by atoms with Crippen LogP contribution < -0.4 is 4.74 Å². The minimum atomic E-state index is -0.472. The number of nitrogens with zero attached hydrogens (tertiary/aromatic N) is 4. The summed E-state index contributed by atoms with van der Waals surface area (Å²) in [5.41, 5.74) is 1.51. The van der Waals surface area contributed by atoms with E-state index in [1.165, 1.54) is 19.4 Å². The van der Waals surface area contributed by atoms with E-state index in [9.17, 15) is 10.1 Å². The van der Waals surface area contributed by atoms with Gasteiger partial charge in [0.05, 0.1) is 36.1 Å². The highest BCUT2D eigenvalue weighted by Gasteiger charge is 2.20. The largest absolute Gasteiger partial charge is 0.497 e. The number of nitro benzene ring substituents is 1. The van der Waals surface area contributed by atoms with Crippen molar-refractivity contribution < 1.29 is 18.5 Å². The van der Waals surface area contributed by atoms with E-state index in [0.717, 1.165) is 4.47 Å². The summed E-state index contributed by atoms with van der Waals surface area (Å²) in [7, 11) is 1.45. The molecule has 33 heavy (non-hydrogen) atoms.